The molecule has 0 aromatic heterocycles. The molecule has 1 aliphatic rings. The average molecular weight is 310 g/mol. The number of benzene rings is 2. The van der Waals surface area contributed by atoms with Gasteiger partial charge < -0.3 is 4.74 Å². The van der Waals surface area contributed by atoms with Gasteiger partial charge in [0.05, 0.1) is 10.5 Å². The zero-order valence-corrected chi connectivity index (χ0v) is 13.1. The molecule has 0 radical (unpaired) electrons. The molecule has 0 saturated heterocycles. The molecule has 1 heterocycles. The number of hydrogen-bond donors (Lipinski definition) is 0. The van der Waals surface area contributed by atoms with Crippen LogP contribution in [0, 0.1) is 10.1 Å². The van der Waals surface area contributed by atoms with Gasteiger partial charge in [-0.15, -0.1) is 0 Å². The molecular formula is C18H18N2O3. The van der Waals surface area contributed by atoms with Gasteiger partial charge in [-0.05, 0) is 43.7 Å². The SMILES string of the molecule is CC1(C)C[C@H](c2ccc([N+](=O)[O-])cc2)OC(c2ccccc2)=N1. The van der Waals surface area contributed by atoms with Gasteiger partial charge in [-0.2, -0.15) is 0 Å². The predicted molar refractivity (Wildman–Crippen MR) is 88.6 cm³/mol. The Morgan fingerprint density at radius 2 is 1.78 bits per heavy atom. The van der Waals surface area contributed by atoms with Gasteiger partial charge in [-0.1, -0.05) is 18.2 Å². The van der Waals surface area contributed by atoms with Crippen molar-refractivity contribution in [3.05, 3.63) is 75.8 Å². The molecule has 1 aliphatic heterocycles. The summed E-state index contributed by atoms with van der Waals surface area (Å²) in [7, 11) is 0. The molecule has 0 unspecified atom stereocenters. The largest absolute Gasteiger partial charge is 0.469 e. The fraction of sp³-hybridized carbons (Fsp3) is 0.278. The van der Waals surface area contributed by atoms with Gasteiger partial charge in [0.2, 0.25) is 5.90 Å². The molecule has 0 fully saturated rings. The summed E-state index contributed by atoms with van der Waals surface area (Å²) in [5, 5.41) is 10.8. The minimum absolute atomic E-state index is 0.0840. The molecule has 2 aromatic carbocycles. The van der Waals surface area contributed by atoms with Crippen LogP contribution in [0.4, 0.5) is 5.69 Å². The van der Waals surface area contributed by atoms with Gasteiger partial charge in [0.1, 0.15) is 6.10 Å². The number of nitro benzene ring substituents is 1. The molecule has 0 bridgehead atoms. The summed E-state index contributed by atoms with van der Waals surface area (Å²) < 4.78 is 6.07. The Bertz CT molecular complexity index is 737. The van der Waals surface area contributed by atoms with Crippen LogP contribution in [0.25, 0.3) is 0 Å². The topological polar surface area (TPSA) is 64.7 Å². The Labute approximate surface area is 134 Å². The van der Waals surface area contributed by atoms with Gasteiger partial charge in [0.15, 0.2) is 0 Å². The molecule has 3 rings (SSSR count). The number of rotatable bonds is 3. The number of non-ortho nitro benzene ring substituents is 1. The molecule has 5 nitrogen and oxygen atoms in total. The Morgan fingerprint density at radius 3 is 2.39 bits per heavy atom. The van der Waals surface area contributed by atoms with Crippen LogP contribution < -0.4 is 0 Å². The van der Waals surface area contributed by atoms with E-state index in [0.29, 0.717) is 5.90 Å². The predicted octanol–water partition coefficient (Wildman–Crippen LogP) is 4.28. The van der Waals surface area contributed by atoms with E-state index in [4.69, 9.17) is 9.73 Å². The standard InChI is InChI=1S/C18H18N2O3/c1-18(2)12-16(13-8-10-15(11-9-13)20(21)22)23-17(19-18)14-6-4-3-5-7-14/h3-11,16H,12H2,1-2H3/t16-/m1/s1. The number of aliphatic imine (C=N–C) groups is 1. The van der Waals surface area contributed by atoms with E-state index >= 15 is 0 Å². The first kappa shape index (κ1) is 15.2. The van der Waals surface area contributed by atoms with E-state index in [1.807, 2.05) is 30.3 Å². The van der Waals surface area contributed by atoms with Crippen molar-refractivity contribution in [2.75, 3.05) is 0 Å². The first-order valence-corrected chi connectivity index (χ1v) is 7.51. The maximum atomic E-state index is 10.8. The van der Waals surface area contributed by atoms with E-state index < -0.39 is 4.92 Å². The quantitative estimate of drug-likeness (QED) is 0.627. The molecule has 5 heteroatoms. The molecule has 1 atom stereocenters. The molecule has 0 spiro atoms. The van der Waals surface area contributed by atoms with Crippen molar-refractivity contribution in [1.82, 2.24) is 0 Å². The van der Waals surface area contributed by atoms with Crippen molar-refractivity contribution >= 4 is 11.6 Å². The monoisotopic (exact) mass is 310 g/mol. The highest BCUT2D eigenvalue weighted by molar-refractivity contribution is 5.94. The maximum Gasteiger partial charge on any atom is 0.269 e. The zero-order valence-electron chi connectivity index (χ0n) is 13.1. The van der Waals surface area contributed by atoms with Crippen LogP contribution in [0.3, 0.4) is 0 Å². The molecule has 2 aromatic rings. The summed E-state index contributed by atoms with van der Waals surface area (Å²) in [6.45, 7) is 4.13. The number of ether oxygens (including phenoxy) is 1. The van der Waals surface area contributed by atoms with Gasteiger partial charge >= 0.3 is 0 Å². The lowest BCUT2D eigenvalue weighted by Crippen LogP contribution is -2.31. The van der Waals surface area contributed by atoms with Crippen LogP contribution in [0.1, 0.15) is 37.5 Å². The highest BCUT2D eigenvalue weighted by Gasteiger charge is 2.32. The smallest absolute Gasteiger partial charge is 0.269 e. The summed E-state index contributed by atoms with van der Waals surface area (Å²) in [6, 6.07) is 16.3. The first-order chi connectivity index (χ1) is 10.9. The molecule has 0 saturated carbocycles. The lowest BCUT2D eigenvalue weighted by atomic mass is 9.91. The van der Waals surface area contributed by atoms with E-state index in [9.17, 15) is 10.1 Å². The Balaban J connectivity index is 1.90. The number of nitrogens with zero attached hydrogens (tertiary/aromatic N) is 2. The first-order valence-electron chi connectivity index (χ1n) is 7.51. The Hall–Kier alpha value is -2.69. The summed E-state index contributed by atoms with van der Waals surface area (Å²) in [6.07, 6.45) is 0.555. The zero-order chi connectivity index (χ0) is 16.4. The minimum Gasteiger partial charge on any atom is -0.469 e. The van der Waals surface area contributed by atoms with Crippen molar-refractivity contribution in [1.29, 1.82) is 0 Å². The summed E-state index contributed by atoms with van der Waals surface area (Å²) >= 11 is 0. The van der Waals surface area contributed by atoms with Crippen molar-refractivity contribution < 1.29 is 9.66 Å². The van der Waals surface area contributed by atoms with E-state index in [-0.39, 0.29) is 17.3 Å². The molecule has 118 valence electrons. The number of hydrogen-bond acceptors (Lipinski definition) is 4. The van der Waals surface area contributed by atoms with Crippen molar-refractivity contribution in [3.63, 3.8) is 0 Å². The third-order valence-electron chi connectivity index (χ3n) is 3.84. The van der Waals surface area contributed by atoms with E-state index in [0.717, 1.165) is 17.5 Å². The van der Waals surface area contributed by atoms with Crippen molar-refractivity contribution in [2.24, 2.45) is 4.99 Å². The average Bonchev–Trinajstić information content (AvgIpc) is 2.54. The highest BCUT2D eigenvalue weighted by atomic mass is 16.6. The lowest BCUT2D eigenvalue weighted by molar-refractivity contribution is -0.384. The highest BCUT2D eigenvalue weighted by Crippen LogP contribution is 2.35. The van der Waals surface area contributed by atoms with Gasteiger partial charge in [-0.25, -0.2) is 4.99 Å². The van der Waals surface area contributed by atoms with Crippen LogP contribution in [0.15, 0.2) is 59.6 Å². The van der Waals surface area contributed by atoms with Crippen LogP contribution >= 0.6 is 0 Å². The van der Waals surface area contributed by atoms with Crippen LogP contribution in [-0.4, -0.2) is 16.4 Å². The second-order valence-electron chi connectivity index (χ2n) is 6.25. The van der Waals surface area contributed by atoms with Gasteiger partial charge in [0, 0.05) is 24.1 Å². The third kappa shape index (κ3) is 3.39. The maximum absolute atomic E-state index is 10.8. The number of nitro groups is 1. The molecular weight excluding hydrogens is 292 g/mol. The second-order valence-corrected chi connectivity index (χ2v) is 6.25. The van der Waals surface area contributed by atoms with Crippen LogP contribution in [-0.2, 0) is 4.74 Å². The summed E-state index contributed by atoms with van der Waals surface area (Å²) in [5.41, 5.74) is 1.69. The van der Waals surface area contributed by atoms with Crippen molar-refractivity contribution in [3.8, 4) is 0 Å². The van der Waals surface area contributed by atoms with Crippen LogP contribution in [0.5, 0.6) is 0 Å². The summed E-state index contributed by atoms with van der Waals surface area (Å²) in [4.78, 5) is 15.1. The fourth-order valence-corrected chi connectivity index (χ4v) is 2.69. The van der Waals surface area contributed by atoms with Gasteiger partial charge in [0.25, 0.3) is 5.69 Å². The van der Waals surface area contributed by atoms with Crippen LogP contribution in [0.2, 0.25) is 0 Å². The van der Waals surface area contributed by atoms with Crippen molar-refractivity contribution in [2.45, 2.75) is 31.9 Å². The lowest BCUT2D eigenvalue weighted by Gasteiger charge is -2.33. The fourth-order valence-electron chi connectivity index (χ4n) is 2.69. The minimum atomic E-state index is -0.397. The molecule has 0 aliphatic carbocycles. The van der Waals surface area contributed by atoms with Gasteiger partial charge in [-0.3, -0.25) is 10.1 Å². The second kappa shape index (κ2) is 5.83. The Kier molecular flexibility index (Phi) is 3.86. The molecule has 0 amide bonds. The van der Waals surface area contributed by atoms with E-state index in [1.165, 1.54) is 12.1 Å². The van der Waals surface area contributed by atoms with E-state index in [1.54, 1.807) is 12.1 Å². The van der Waals surface area contributed by atoms with E-state index in [2.05, 4.69) is 13.8 Å². The third-order valence-corrected chi connectivity index (χ3v) is 3.84. The Morgan fingerprint density at radius 1 is 1.13 bits per heavy atom. The molecule has 0 N–H and O–H groups in total. The normalized spacial score (nSPS) is 19.6. The summed E-state index contributed by atoms with van der Waals surface area (Å²) in [5.74, 6) is 0.616. The molecule has 23 heavy (non-hydrogen) atoms.